The van der Waals surface area contributed by atoms with E-state index in [4.69, 9.17) is 9.47 Å². The Hall–Kier alpha value is -1.36. The maximum absolute atomic E-state index is 12.0. The van der Waals surface area contributed by atoms with Crippen LogP contribution in [0.2, 0.25) is 0 Å². The highest BCUT2D eigenvalue weighted by Gasteiger charge is 2.16. The number of hydrogen-bond donors (Lipinski definition) is 1. The molecule has 0 aromatic carbocycles. The Balaban J connectivity index is 3.62. The van der Waals surface area contributed by atoms with Gasteiger partial charge in [0.25, 0.3) is 0 Å². The molecule has 34 heavy (non-hydrogen) atoms. The number of unbranched alkanes of at least 4 members (excludes halogenated alkanes) is 15. The van der Waals surface area contributed by atoms with E-state index < -0.39 is 6.10 Å². The molecule has 0 aliphatic rings. The lowest BCUT2D eigenvalue weighted by Crippen LogP contribution is -2.28. The van der Waals surface area contributed by atoms with Crippen molar-refractivity contribution in [1.82, 2.24) is 0 Å². The number of esters is 2. The molecule has 5 nitrogen and oxygen atoms in total. The number of rotatable bonds is 25. The average Bonchev–Trinajstić information content (AvgIpc) is 2.84. The van der Waals surface area contributed by atoms with Gasteiger partial charge in [-0.3, -0.25) is 9.59 Å². The molecule has 0 bridgehead atoms. The first-order valence-corrected chi connectivity index (χ1v) is 14.2. The topological polar surface area (TPSA) is 72.8 Å². The summed E-state index contributed by atoms with van der Waals surface area (Å²) in [5, 5.41) is 9.41. The third-order valence-corrected chi connectivity index (χ3v) is 6.06. The van der Waals surface area contributed by atoms with Crippen LogP contribution >= 0.6 is 0 Å². The minimum Gasteiger partial charge on any atom is -0.462 e. The zero-order chi connectivity index (χ0) is 25.1. The van der Waals surface area contributed by atoms with Crippen LogP contribution in [0.15, 0.2) is 12.2 Å². The summed E-state index contributed by atoms with van der Waals surface area (Å²) in [6.07, 6.45) is 25.5. The zero-order valence-corrected chi connectivity index (χ0v) is 22.4. The van der Waals surface area contributed by atoms with Gasteiger partial charge >= 0.3 is 11.9 Å². The maximum atomic E-state index is 12.0. The third kappa shape index (κ3) is 23.8. The molecule has 0 aromatic heterocycles. The zero-order valence-electron chi connectivity index (χ0n) is 22.4. The van der Waals surface area contributed by atoms with Gasteiger partial charge in [-0.1, -0.05) is 103 Å². The molecule has 0 aromatic rings. The molecule has 0 saturated heterocycles. The van der Waals surface area contributed by atoms with E-state index in [1.807, 2.05) is 0 Å². The SMILES string of the molecule is CCCCCC/C=C\CCCCCCCC(=O)OC(CO)COC(=O)CCCCCCCCC. The second-order valence-corrected chi connectivity index (χ2v) is 9.48. The van der Waals surface area contributed by atoms with Crippen molar-refractivity contribution in [1.29, 1.82) is 0 Å². The molecule has 0 amide bonds. The van der Waals surface area contributed by atoms with Gasteiger partial charge in [-0.15, -0.1) is 0 Å². The Morgan fingerprint density at radius 3 is 1.62 bits per heavy atom. The largest absolute Gasteiger partial charge is 0.462 e. The summed E-state index contributed by atoms with van der Waals surface area (Å²) in [7, 11) is 0. The molecule has 5 heteroatoms. The molecule has 0 radical (unpaired) electrons. The molecule has 0 aliphatic heterocycles. The van der Waals surface area contributed by atoms with Crippen molar-refractivity contribution in [3.8, 4) is 0 Å². The van der Waals surface area contributed by atoms with Gasteiger partial charge in [-0.25, -0.2) is 0 Å². The number of aliphatic hydroxyl groups is 1. The van der Waals surface area contributed by atoms with Gasteiger partial charge in [-0.2, -0.15) is 0 Å². The van der Waals surface area contributed by atoms with Gasteiger partial charge in [0.1, 0.15) is 6.61 Å². The minimum atomic E-state index is -0.765. The number of allylic oxidation sites excluding steroid dienone is 2. The maximum Gasteiger partial charge on any atom is 0.306 e. The highest BCUT2D eigenvalue weighted by Crippen LogP contribution is 2.11. The molecule has 0 saturated carbocycles. The predicted octanol–water partition coefficient (Wildman–Crippen LogP) is 7.83. The Kier molecular flexibility index (Phi) is 25.2. The molecule has 0 aliphatic carbocycles. The van der Waals surface area contributed by atoms with Crippen molar-refractivity contribution in [2.24, 2.45) is 0 Å². The van der Waals surface area contributed by atoms with Crippen molar-refractivity contribution in [3.05, 3.63) is 12.2 Å². The number of ether oxygens (including phenoxy) is 2. The molecule has 0 spiro atoms. The van der Waals surface area contributed by atoms with Gasteiger partial charge < -0.3 is 14.6 Å². The molecule has 0 heterocycles. The van der Waals surface area contributed by atoms with E-state index in [9.17, 15) is 14.7 Å². The monoisotopic (exact) mass is 482 g/mol. The quantitative estimate of drug-likeness (QED) is 0.0815. The van der Waals surface area contributed by atoms with Gasteiger partial charge in [0.2, 0.25) is 0 Å². The predicted molar refractivity (Wildman–Crippen MR) is 141 cm³/mol. The van der Waals surface area contributed by atoms with E-state index in [2.05, 4.69) is 26.0 Å². The van der Waals surface area contributed by atoms with E-state index in [-0.39, 0.29) is 25.2 Å². The lowest BCUT2D eigenvalue weighted by molar-refractivity contribution is -0.161. The van der Waals surface area contributed by atoms with Crippen LogP contribution < -0.4 is 0 Å². The number of carbonyl (C=O) groups is 2. The molecule has 1 N–H and O–H groups in total. The van der Waals surface area contributed by atoms with Gasteiger partial charge in [0.05, 0.1) is 6.61 Å². The fourth-order valence-corrected chi connectivity index (χ4v) is 3.84. The van der Waals surface area contributed by atoms with Crippen LogP contribution in [0.25, 0.3) is 0 Å². The summed E-state index contributed by atoms with van der Waals surface area (Å²) in [5.41, 5.74) is 0. The van der Waals surface area contributed by atoms with Crippen molar-refractivity contribution in [2.45, 2.75) is 148 Å². The molecular weight excluding hydrogens is 428 g/mol. The molecule has 0 rings (SSSR count). The molecule has 1 atom stereocenters. The summed E-state index contributed by atoms with van der Waals surface area (Å²) in [5.74, 6) is -0.609. The van der Waals surface area contributed by atoms with Crippen LogP contribution in [0.5, 0.6) is 0 Å². The normalized spacial score (nSPS) is 12.2. The Morgan fingerprint density at radius 2 is 1.09 bits per heavy atom. The summed E-state index contributed by atoms with van der Waals surface area (Å²) >= 11 is 0. The smallest absolute Gasteiger partial charge is 0.306 e. The van der Waals surface area contributed by atoms with Gasteiger partial charge in [0, 0.05) is 12.8 Å². The third-order valence-electron chi connectivity index (χ3n) is 6.06. The van der Waals surface area contributed by atoms with Crippen LogP contribution in [0.4, 0.5) is 0 Å². The number of carbonyl (C=O) groups excluding carboxylic acids is 2. The van der Waals surface area contributed by atoms with Crippen LogP contribution in [0.3, 0.4) is 0 Å². The van der Waals surface area contributed by atoms with Crippen molar-refractivity contribution in [3.63, 3.8) is 0 Å². The van der Waals surface area contributed by atoms with E-state index in [1.54, 1.807) is 0 Å². The molecule has 0 fully saturated rings. The minimum absolute atomic E-state index is 0.0658. The van der Waals surface area contributed by atoms with E-state index in [1.165, 1.54) is 70.6 Å². The number of aliphatic hydroxyl groups excluding tert-OH is 1. The molecule has 200 valence electrons. The highest BCUT2D eigenvalue weighted by molar-refractivity contribution is 5.70. The van der Waals surface area contributed by atoms with Crippen molar-refractivity contribution < 1.29 is 24.2 Å². The van der Waals surface area contributed by atoms with Crippen molar-refractivity contribution in [2.75, 3.05) is 13.2 Å². The fourth-order valence-electron chi connectivity index (χ4n) is 3.84. The Morgan fingerprint density at radius 1 is 0.647 bits per heavy atom. The van der Waals surface area contributed by atoms with Crippen molar-refractivity contribution >= 4 is 11.9 Å². The first-order valence-electron chi connectivity index (χ1n) is 14.2. The number of hydrogen-bond acceptors (Lipinski definition) is 5. The molecular formula is C29H54O5. The van der Waals surface area contributed by atoms with E-state index in [0.717, 1.165) is 44.9 Å². The van der Waals surface area contributed by atoms with E-state index >= 15 is 0 Å². The standard InChI is InChI=1S/C29H54O5/c1-3-5-7-9-11-12-13-14-15-16-18-20-22-24-29(32)34-27(25-30)26-33-28(31)23-21-19-17-10-8-6-4-2/h12-13,27,30H,3-11,14-26H2,1-2H3/b13-12-. The second-order valence-electron chi connectivity index (χ2n) is 9.48. The average molecular weight is 483 g/mol. The van der Waals surface area contributed by atoms with Gasteiger partial charge in [-0.05, 0) is 38.5 Å². The first-order chi connectivity index (χ1) is 16.6. The molecule has 1 unspecified atom stereocenters. The Labute approximate surface area is 210 Å². The lowest BCUT2D eigenvalue weighted by Gasteiger charge is -2.15. The second kappa shape index (κ2) is 26.2. The summed E-state index contributed by atoms with van der Waals surface area (Å²) < 4.78 is 10.4. The highest BCUT2D eigenvalue weighted by atomic mass is 16.6. The van der Waals surface area contributed by atoms with Crippen LogP contribution in [-0.4, -0.2) is 36.4 Å². The Bertz CT molecular complexity index is 489. The van der Waals surface area contributed by atoms with Crippen LogP contribution in [-0.2, 0) is 19.1 Å². The first kappa shape index (κ1) is 32.6. The van der Waals surface area contributed by atoms with Crippen LogP contribution in [0, 0.1) is 0 Å². The lowest BCUT2D eigenvalue weighted by atomic mass is 10.1. The fraction of sp³-hybridized carbons (Fsp3) is 0.862. The summed E-state index contributed by atoms with van der Waals surface area (Å²) in [6.45, 7) is 4.04. The summed E-state index contributed by atoms with van der Waals surface area (Å²) in [4.78, 5) is 23.8. The summed E-state index contributed by atoms with van der Waals surface area (Å²) in [6, 6.07) is 0. The van der Waals surface area contributed by atoms with Gasteiger partial charge in [0.15, 0.2) is 6.10 Å². The van der Waals surface area contributed by atoms with E-state index in [0.29, 0.717) is 12.8 Å². The van der Waals surface area contributed by atoms with Crippen LogP contribution in [0.1, 0.15) is 142 Å².